The van der Waals surface area contributed by atoms with Gasteiger partial charge < -0.3 is 5.32 Å². The van der Waals surface area contributed by atoms with Crippen molar-refractivity contribution in [1.29, 1.82) is 5.26 Å². The second kappa shape index (κ2) is 3.98. The summed E-state index contributed by atoms with van der Waals surface area (Å²) in [6.45, 7) is 0. The highest BCUT2D eigenvalue weighted by Crippen LogP contribution is 2.52. The molecule has 92 valence electrons. The Balaban J connectivity index is 1.86. The molecule has 2 saturated carbocycles. The largest absolute Gasteiger partial charge is 0.376 e. The summed E-state index contributed by atoms with van der Waals surface area (Å²) in [5.74, 6) is 1.53. The first-order valence-electron chi connectivity index (χ1n) is 6.14. The number of hydrogen-bond donors (Lipinski definition) is 1. The van der Waals surface area contributed by atoms with Crippen molar-refractivity contribution in [3.63, 3.8) is 0 Å². The number of nitro groups is 1. The maximum Gasteiger partial charge on any atom is 0.293 e. The molecule has 2 aliphatic rings. The van der Waals surface area contributed by atoms with Crippen LogP contribution < -0.4 is 5.32 Å². The molecule has 2 fully saturated rings. The maximum absolute atomic E-state index is 11.0. The number of nitro benzene ring substituents is 1. The van der Waals surface area contributed by atoms with E-state index in [1.807, 2.05) is 6.07 Å². The first kappa shape index (κ1) is 11.0. The molecule has 0 amide bonds. The van der Waals surface area contributed by atoms with E-state index in [0.717, 1.165) is 12.3 Å². The smallest absolute Gasteiger partial charge is 0.293 e. The van der Waals surface area contributed by atoms with Gasteiger partial charge in [0.1, 0.15) is 5.69 Å². The zero-order chi connectivity index (χ0) is 12.7. The van der Waals surface area contributed by atoms with E-state index in [0.29, 0.717) is 23.2 Å². The Morgan fingerprint density at radius 1 is 1.44 bits per heavy atom. The normalized spacial score (nSPS) is 28.3. The molecule has 5 heteroatoms. The van der Waals surface area contributed by atoms with E-state index in [4.69, 9.17) is 5.26 Å². The van der Waals surface area contributed by atoms with Crippen LogP contribution >= 0.6 is 0 Å². The van der Waals surface area contributed by atoms with Crippen LogP contribution in [0.25, 0.3) is 0 Å². The fourth-order valence-corrected chi connectivity index (χ4v) is 2.96. The van der Waals surface area contributed by atoms with Crippen LogP contribution in [0.4, 0.5) is 11.4 Å². The summed E-state index contributed by atoms with van der Waals surface area (Å²) in [5.41, 5.74) is 0.859. The van der Waals surface area contributed by atoms with E-state index in [9.17, 15) is 10.1 Å². The van der Waals surface area contributed by atoms with Crippen LogP contribution in [-0.2, 0) is 0 Å². The molecule has 0 aromatic heterocycles. The topological polar surface area (TPSA) is 79.0 Å². The lowest BCUT2D eigenvalue weighted by Gasteiger charge is -2.15. The van der Waals surface area contributed by atoms with Crippen molar-refractivity contribution < 1.29 is 4.92 Å². The van der Waals surface area contributed by atoms with Gasteiger partial charge in [0, 0.05) is 12.1 Å². The van der Waals surface area contributed by atoms with Crippen LogP contribution in [0.3, 0.4) is 0 Å². The third-order valence-corrected chi connectivity index (χ3v) is 4.01. The second-order valence-corrected chi connectivity index (χ2v) is 5.09. The summed E-state index contributed by atoms with van der Waals surface area (Å²) < 4.78 is 0. The summed E-state index contributed by atoms with van der Waals surface area (Å²) in [6, 6.07) is 6.89. The molecule has 3 rings (SSSR count). The van der Waals surface area contributed by atoms with Crippen LogP contribution in [0.5, 0.6) is 0 Å². The molecule has 1 N–H and O–H groups in total. The van der Waals surface area contributed by atoms with Gasteiger partial charge in [0.15, 0.2) is 0 Å². The minimum absolute atomic E-state index is 0.00171. The number of benzene rings is 1. The summed E-state index contributed by atoms with van der Waals surface area (Å²) in [4.78, 5) is 10.6. The predicted octanol–water partition coefficient (Wildman–Crippen LogP) is 2.68. The van der Waals surface area contributed by atoms with Gasteiger partial charge in [-0.2, -0.15) is 5.26 Å². The SMILES string of the molecule is N#Cc1ccc(NC2CC[C@H]3C[C@@H]23)c([N+](=O)[O-])c1. The quantitative estimate of drug-likeness (QED) is 0.653. The van der Waals surface area contributed by atoms with E-state index in [1.54, 1.807) is 12.1 Å². The first-order chi connectivity index (χ1) is 8.69. The Morgan fingerprint density at radius 3 is 2.83 bits per heavy atom. The van der Waals surface area contributed by atoms with Gasteiger partial charge in [-0.25, -0.2) is 0 Å². The first-order valence-corrected chi connectivity index (χ1v) is 6.14. The van der Waals surface area contributed by atoms with Crippen molar-refractivity contribution >= 4 is 11.4 Å². The van der Waals surface area contributed by atoms with Crippen LogP contribution in [-0.4, -0.2) is 11.0 Å². The standard InChI is InChI=1S/C13H13N3O2/c14-7-8-1-3-12(13(5-8)16(17)18)15-11-4-2-9-6-10(9)11/h1,3,5,9-11,15H,2,4,6H2/t9-,10+,11?/m0/s1. The third kappa shape index (κ3) is 1.80. The molecule has 5 nitrogen and oxygen atoms in total. The summed E-state index contributed by atoms with van der Waals surface area (Å²) in [5, 5.41) is 23.1. The zero-order valence-corrected chi connectivity index (χ0v) is 9.80. The Morgan fingerprint density at radius 2 is 2.28 bits per heavy atom. The summed E-state index contributed by atoms with van der Waals surface area (Å²) in [6.07, 6.45) is 3.57. The lowest BCUT2D eigenvalue weighted by Crippen LogP contribution is -2.19. The molecule has 0 bridgehead atoms. The Labute approximate surface area is 105 Å². The van der Waals surface area contributed by atoms with Gasteiger partial charge in [0.2, 0.25) is 0 Å². The number of nitrogens with one attached hydrogen (secondary N) is 1. The summed E-state index contributed by atoms with van der Waals surface area (Å²) >= 11 is 0. The molecule has 1 aromatic rings. The molecule has 0 saturated heterocycles. The highest BCUT2D eigenvalue weighted by atomic mass is 16.6. The van der Waals surface area contributed by atoms with Crippen LogP contribution in [0.2, 0.25) is 0 Å². The fourth-order valence-electron chi connectivity index (χ4n) is 2.96. The Kier molecular flexibility index (Phi) is 2.44. The predicted molar refractivity (Wildman–Crippen MR) is 66.1 cm³/mol. The van der Waals surface area contributed by atoms with Gasteiger partial charge in [-0.15, -0.1) is 0 Å². The molecule has 0 spiro atoms. The average molecular weight is 243 g/mol. The van der Waals surface area contributed by atoms with Gasteiger partial charge >= 0.3 is 0 Å². The van der Waals surface area contributed by atoms with Crippen molar-refractivity contribution in [3.05, 3.63) is 33.9 Å². The lowest BCUT2D eigenvalue weighted by atomic mass is 10.1. The monoisotopic (exact) mass is 243 g/mol. The molecule has 0 aliphatic heterocycles. The number of anilines is 1. The van der Waals surface area contributed by atoms with E-state index < -0.39 is 4.92 Å². The molecular weight excluding hydrogens is 230 g/mol. The third-order valence-electron chi connectivity index (χ3n) is 4.01. The highest BCUT2D eigenvalue weighted by Gasteiger charge is 2.48. The fraction of sp³-hybridized carbons (Fsp3) is 0.462. The van der Waals surface area contributed by atoms with E-state index in [-0.39, 0.29) is 5.69 Å². The van der Waals surface area contributed by atoms with Crippen molar-refractivity contribution in [3.8, 4) is 6.07 Å². The second-order valence-electron chi connectivity index (χ2n) is 5.09. The van der Waals surface area contributed by atoms with Gasteiger partial charge in [-0.1, -0.05) is 0 Å². The molecule has 1 aromatic carbocycles. The molecule has 0 radical (unpaired) electrons. The molecule has 18 heavy (non-hydrogen) atoms. The lowest BCUT2D eigenvalue weighted by molar-refractivity contribution is -0.384. The van der Waals surface area contributed by atoms with E-state index in [2.05, 4.69) is 5.32 Å². The zero-order valence-electron chi connectivity index (χ0n) is 9.80. The molecule has 0 heterocycles. The Bertz CT molecular complexity index is 550. The van der Waals surface area contributed by atoms with E-state index >= 15 is 0 Å². The van der Waals surface area contributed by atoms with Crippen molar-refractivity contribution in [2.45, 2.75) is 25.3 Å². The van der Waals surface area contributed by atoms with E-state index in [1.165, 1.54) is 18.9 Å². The highest BCUT2D eigenvalue weighted by molar-refractivity contribution is 5.64. The number of fused-ring (bicyclic) bond motifs is 1. The maximum atomic E-state index is 11.0. The molecule has 2 aliphatic carbocycles. The van der Waals surface area contributed by atoms with Crippen LogP contribution in [0.15, 0.2) is 18.2 Å². The number of hydrogen-bond acceptors (Lipinski definition) is 4. The van der Waals surface area contributed by atoms with Crippen LogP contribution in [0, 0.1) is 33.3 Å². The van der Waals surface area contributed by atoms with Crippen molar-refractivity contribution in [2.75, 3.05) is 5.32 Å². The van der Waals surface area contributed by atoms with Gasteiger partial charge in [-0.05, 0) is 43.2 Å². The van der Waals surface area contributed by atoms with Gasteiger partial charge in [0.05, 0.1) is 16.6 Å². The minimum Gasteiger partial charge on any atom is -0.376 e. The van der Waals surface area contributed by atoms with Gasteiger partial charge in [-0.3, -0.25) is 10.1 Å². The number of nitriles is 1. The molecule has 1 unspecified atom stereocenters. The van der Waals surface area contributed by atoms with Crippen LogP contribution in [0.1, 0.15) is 24.8 Å². The van der Waals surface area contributed by atoms with Crippen molar-refractivity contribution in [1.82, 2.24) is 0 Å². The molecule has 3 atom stereocenters. The average Bonchev–Trinajstić information content (AvgIpc) is 3.06. The number of rotatable bonds is 3. The molecular formula is C13H13N3O2. The summed E-state index contributed by atoms with van der Waals surface area (Å²) in [7, 11) is 0. The Hall–Kier alpha value is -2.09. The number of nitrogens with zero attached hydrogens (tertiary/aromatic N) is 2. The minimum atomic E-state index is -0.428. The van der Waals surface area contributed by atoms with Crippen molar-refractivity contribution in [2.24, 2.45) is 11.8 Å². The van der Waals surface area contributed by atoms with Gasteiger partial charge in [0.25, 0.3) is 5.69 Å².